The monoisotopic (exact) mass is 411 g/mol. The van der Waals surface area contributed by atoms with Crippen LogP contribution in [0, 0.1) is 0 Å². The molecule has 0 unspecified atom stereocenters. The highest BCUT2D eigenvalue weighted by Gasteiger charge is 2.28. The molecule has 1 aromatic rings. The SMILES string of the molecule is CC(C)OCCOc1nn([C@H]2CC[C@H](NC(=O)OC(C)(C)C)CC2)cc1C(=O)O. The van der Waals surface area contributed by atoms with Gasteiger partial charge < -0.3 is 24.6 Å². The van der Waals surface area contributed by atoms with Gasteiger partial charge in [-0.15, -0.1) is 5.10 Å². The number of ether oxygens (including phenoxy) is 3. The zero-order chi connectivity index (χ0) is 21.6. The van der Waals surface area contributed by atoms with E-state index in [1.54, 1.807) is 4.68 Å². The summed E-state index contributed by atoms with van der Waals surface area (Å²) in [5.74, 6) is -0.963. The van der Waals surface area contributed by atoms with E-state index in [2.05, 4.69) is 10.4 Å². The molecule has 1 heterocycles. The molecular weight excluding hydrogens is 378 g/mol. The molecule has 1 amide bonds. The molecule has 0 bridgehead atoms. The van der Waals surface area contributed by atoms with Gasteiger partial charge in [-0.3, -0.25) is 4.68 Å². The van der Waals surface area contributed by atoms with Crippen molar-refractivity contribution < 1.29 is 28.9 Å². The summed E-state index contributed by atoms with van der Waals surface area (Å²) >= 11 is 0. The van der Waals surface area contributed by atoms with Gasteiger partial charge in [0.05, 0.1) is 18.8 Å². The molecule has 1 aliphatic rings. The number of alkyl carbamates (subject to hydrolysis) is 1. The molecule has 9 heteroatoms. The third kappa shape index (κ3) is 7.56. The third-order valence-corrected chi connectivity index (χ3v) is 4.49. The fourth-order valence-corrected chi connectivity index (χ4v) is 3.20. The maximum absolute atomic E-state index is 11.9. The Morgan fingerprint density at radius 1 is 1.24 bits per heavy atom. The van der Waals surface area contributed by atoms with Crippen LogP contribution in [0.4, 0.5) is 4.79 Å². The summed E-state index contributed by atoms with van der Waals surface area (Å²) in [6.45, 7) is 9.94. The maximum Gasteiger partial charge on any atom is 0.407 e. The molecule has 0 spiro atoms. The minimum atomic E-state index is -1.07. The molecule has 29 heavy (non-hydrogen) atoms. The summed E-state index contributed by atoms with van der Waals surface area (Å²) in [7, 11) is 0. The molecule has 1 aliphatic carbocycles. The summed E-state index contributed by atoms with van der Waals surface area (Å²) < 4.78 is 17.9. The lowest BCUT2D eigenvalue weighted by Gasteiger charge is -2.30. The molecule has 2 rings (SSSR count). The van der Waals surface area contributed by atoms with E-state index in [4.69, 9.17) is 14.2 Å². The van der Waals surface area contributed by atoms with Crippen molar-refractivity contribution in [3.05, 3.63) is 11.8 Å². The van der Waals surface area contributed by atoms with Crippen LogP contribution >= 0.6 is 0 Å². The van der Waals surface area contributed by atoms with Gasteiger partial charge in [-0.2, -0.15) is 0 Å². The van der Waals surface area contributed by atoms with Crippen LogP contribution in [-0.4, -0.2) is 57.9 Å². The Morgan fingerprint density at radius 3 is 2.45 bits per heavy atom. The van der Waals surface area contributed by atoms with Gasteiger partial charge in [0.25, 0.3) is 0 Å². The minimum absolute atomic E-state index is 0.0412. The number of nitrogens with one attached hydrogen (secondary N) is 1. The number of aromatic nitrogens is 2. The van der Waals surface area contributed by atoms with Gasteiger partial charge in [0.2, 0.25) is 5.88 Å². The maximum atomic E-state index is 11.9. The van der Waals surface area contributed by atoms with Crippen LogP contribution in [0.1, 0.15) is 76.7 Å². The van der Waals surface area contributed by atoms with E-state index in [1.807, 2.05) is 34.6 Å². The fraction of sp³-hybridized carbons (Fsp3) is 0.750. The number of rotatable bonds is 8. The number of hydrogen-bond donors (Lipinski definition) is 2. The first-order valence-corrected chi connectivity index (χ1v) is 10.1. The largest absolute Gasteiger partial charge is 0.477 e. The van der Waals surface area contributed by atoms with E-state index >= 15 is 0 Å². The molecule has 164 valence electrons. The summed E-state index contributed by atoms with van der Waals surface area (Å²) in [6.07, 6.45) is 4.28. The average Bonchev–Trinajstić information content (AvgIpc) is 3.02. The second kappa shape index (κ2) is 9.96. The van der Waals surface area contributed by atoms with E-state index < -0.39 is 17.7 Å². The summed E-state index contributed by atoms with van der Waals surface area (Å²) in [4.78, 5) is 23.4. The number of carbonyl (C=O) groups excluding carboxylic acids is 1. The number of hydrogen-bond acceptors (Lipinski definition) is 6. The number of carboxylic acid groups (broad SMARTS) is 1. The zero-order valence-corrected chi connectivity index (χ0v) is 17.9. The number of carboxylic acids is 1. The molecule has 0 saturated heterocycles. The zero-order valence-electron chi connectivity index (χ0n) is 17.9. The Morgan fingerprint density at radius 2 is 1.90 bits per heavy atom. The van der Waals surface area contributed by atoms with E-state index in [0.29, 0.717) is 6.61 Å². The van der Waals surface area contributed by atoms with Gasteiger partial charge in [-0.05, 0) is 60.3 Å². The van der Waals surface area contributed by atoms with Crippen molar-refractivity contribution in [3.63, 3.8) is 0 Å². The second-order valence-corrected chi connectivity index (χ2v) is 8.55. The van der Waals surface area contributed by atoms with Crippen LogP contribution in [0.3, 0.4) is 0 Å². The lowest BCUT2D eigenvalue weighted by Crippen LogP contribution is -2.41. The Hall–Kier alpha value is -2.29. The molecule has 1 fully saturated rings. The highest BCUT2D eigenvalue weighted by atomic mass is 16.6. The molecule has 9 nitrogen and oxygen atoms in total. The first kappa shape index (κ1) is 23.0. The first-order valence-electron chi connectivity index (χ1n) is 10.1. The van der Waals surface area contributed by atoms with E-state index in [9.17, 15) is 14.7 Å². The molecule has 0 aliphatic heterocycles. The minimum Gasteiger partial charge on any atom is -0.477 e. The predicted octanol–water partition coefficient (Wildman–Crippen LogP) is 3.39. The average molecular weight is 411 g/mol. The summed E-state index contributed by atoms with van der Waals surface area (Å²) in [5.41, 5.74) is -0.483. The highest BCUT2D eigenvalue weighted by Crippen LogP contribution is 2.30. The number of aromatic carboxylic acids is 1. The Kier molecular flexibility index (Phi) is 7.89. The molecule has 0 atom stereocenters. The van der Waals surface area contributed by atoms with E-state index in [1.165, 1.54) is 6.20 Å². The van der Waals surface area contributed by atoms with Crippen LogP contribution < -0.4 is 10.1 Å². The van der Waals surface area contributed by atoms with Crippen molar-refractivity contribution in [2.24, 2.45) is 0 Å². The van der Waals surface area contributed by atoms with Crippen LogP contribution in [0.25, 0.3) is 0 Å². The summed E-state index contributed by atoms with van der Waals surface area (Å²) in [5, 5.41) is 16.7. The van der Waals surface area contributed by atoms with Crippen LogP contribution in [0.15, 0.2) is 6.20 Å². The molecule has 0 aromatic carbocycles. The Balaban J connectivity index is 1.90. The number of nitrogens with zero attached hydrogens (tertiary/aromatic N) is 2. The van der Waals surface area contributed by atoms with E-state index in [0.717, 1.165) is 25.7 Å². The van der Waals surface area contributed by atoms with Crippen LogP contribution in [0.5, 0.6) is 5.88 Å². The molecule has 2 N–H and O–H groups in total. The normalized spacial score (nSPS) is 19.8. The summed E-state index contributed by atoms with van der Waals surface area (Å²) in [6, 6.07) is 0.105. The molecule has 1 aromatic heterocycles. The van der Waals surface area contributed by atoms with Gasteiger partial charge in [-0.25, -0.2) is 9.59 Å². The van der Waals surface area contributed by atoms with Crippen molar-refractivity contribution in [2.45, 2.75) is 84.1 Å². The van der Waals surface area contributed by atoms with Crippen molar-refractivity contribution in [1.82, 2.24) is 15.1 Å². The first-order chi connectivity index (χ1) is 13.5. The topological polar surface area (TPSA) is 112 Å². The van der Waals surface area contributed by atoms with Gasteiger partial charge >= 0.3 is 12.1 Å². The standard InChI is InChI=1S/C20H33N3O6/c1-13(2)27-10-11-28-17-16(18(24)25)12-23(22-17)15-8-6-14(7-9-15)21-19(26)29-20(3,4)5/h12-15H,6-11H2,1-5H3,(H,21,26)(H,24,25)/t14-,15-. The van der Waals surface area contributed by atoms with Crippen molar-refractivity contribution in [2.75, 3.05) is 13.2 Å². The lowest BCUT2D eigenvalue weighted by molar-refractivity contribution is 0.0485. The highest BCUT2D eigenvalue weighted by molar-refractivity contribution is 5.89. The predicted molar refractivity (Wildman–Crippen MR) is 106 cm³/mol. The molecule has 1 saturated carbocycles. The van der Waals surface area contributed by atoms with Crippen molar-refractivity contribution >= 4 is 12.1 Å². The van der Waals surface area contributed by atoms with Crippen LogP contribution in [-0.2, 0) is 9.47 Å². The number of carbonyl (C=O) groups is 2. The molecular formula is C20H33N3O6. The van der Waals surface area contributed by atoms with Gasteiger partial charge in [0.15, 0.2) is 0 Å². The lowest BCUT2D eigenvalue weighted by atomic mass is 9.91. The smallest absolute Gasteiger partial charge is 0.407 e. The van der Waals surface area contributed by atoms with Crippen LogP contribution in [0.2, 0.25) is 0 Å². The van der Waals surface area contributed by atoms with Crippen molar-refractivity contribution in [1.29, 1.82) is 0 Å². The Bertz CT molecular complexity index is 687. The fourth-order valence-electron chi connectivity index (χ4n) is 3.20. The Labute approximate surface area is 171 Å². The van der Waals surface area contributed by atoms with Gasteiger partial charge in [0, 0.05) is 12.2 Å². The number of amides is 1. The van der Waals surface area contributed by atoms with Crippen molar-refractivity contribution in [3.8, 4) is 5.88 Å². The quantitative estimate of drug-likeness (QED) is 0.631. The van der Waals surface area contributed by atoms with Gasteiger partial charge in [-0.1, -0.05) is 0 Å². The van der Waals surface area contributed by atoms with E-state index in [-0.39, 0.29) is 36.2 Å². The third-order valence-electron chi connectivity index (χ3n) is 4.49. The van der Waals surface area contributed by atoms with Gasteiger partial charge in [0.1, 0.15) is 17.8 Å². The molecule has 0 radical (unpaired) electrons. The second-order valence-electron chi connectivity index (χ2n) is 8.55.